The monoisotopic (exact) mass is 527 g/mol. The standard InChI is InChI=1S/C36H25N5/c1-40-33-16-3-2-15-32(33)39-36(40)25-17-18-29-30-13-7-12-28(26-10-8-19-37-23-26)35(30)41(34(29)22-25)27-11-6-9-24(21-27)31-14-4-5-20-38-31/h2-23H,1H3. The SMILES string of the molecule is Cn1c(-c2ccc3c4cccc(-c5cccnc5)c4n(-c4cccc(-c5ccccn5)c4)c3c2)nc2ccccc21. The molecule has 0 bridgehead atoms. The van der Waals surface area contributed by atoms with Crippen LogP contribution in [0.25, 0.3) is 72.3 Å². The molecule has 5 nitrogen and oxygen atoms in total. The fraction of sp³-hybridized carbons (Fsp3) is 0.0278. The summed E-state index contributed by atoms with van der Waals surface area (Å²) in [5.41, 5.74) is 10.8. The first-order valence-corrected chi connectivity index (χ1v) is 13.7. The highest BCUT2D eigenvalue weighted by molar-refractivity contribution is 6.14. The number of rotatable bonds is 4. The zero-order valence-corrected chi connectivity index (χ0v) is 22.4. The summed E-state index contributed by atoms with van der Waals surface area (Å²) in [5.74, 6) is 0.944. The predicted octanol–water partition coefficient (Wildman–Crippen LogP) is 8.46. The molecule has 8 rings (SSSR count). The van der Waals surface area contributed by atoms with E-state index in [0.717, 1.165) is 61.5 Å². The maximum Gasteiger partial charge on any atom is 0.140 e. The highest BCUT2D eigenvalue weighted by Crippen LogP contribution is 2.40. The Labute approximate surface area is 237 Å². The molecule has 0 aliphatic rings. The highest BCUT2D eigenvalue weighted by Gasteiger charge is 2.19. The molecule has 194 valence electrons. The van der Waals surface area contributed by atoms with Crippen LogP contribution in [0.1, 0.15) is 0 Å². The summed E-state index contributed by atoms with van der Waals surface area (Å²) in [6.07, 6.45) is 5.59. The largest absolute Gasteiger partial charge is 0.327 e. The number of pyridine rings is 2. The van der Waals surface area contributed by atoms with Crippen molar-refractivity contribution in [1.82, 2.24) is 24.1 Å². The summed E-state index contributed by atoms with van der Waals surface area (Å²) < 4.78 is 4.55. The summed E-state index contributed by atoms with van der Waals surface area (Å²) in [5, 5.41) is 2.39. The Morgan fingerprint density at radius 3 is 2.34 bits per heavy atom. The first-order valence-electron chi connectivity index (χ1n) is 13.7. The van der Waals surface area contributed by atoms with Gasteiger partial charge >= 0.3 is 0 Å². The van der Waals surface area contributed by atoms with Crippen LogP contribution >= 0.6 is 0 Å². The molecule has 0 spiro atoms. The highest BCUT2D eigenvalue weighted by atomic mass is 15.1. The van der Waals surface area contributed by atoms with E-state index in [4.69, 9.17) is 4.98 Å². The van der Waals surface area contributed by atoms with E-state index >= 15 is 0 Å². The molecule has 41 heavy (non-hydrogen) atoms. The Morgan fingerprint density at radius 2 is 1.49 bits per heavy atom. The Bertz CT molecular complexity index is 2210. The van der Waals surface area contributed by atoms with Gasteiger partial charge in [0.2, 0.25) is 0 Å². The van der Waals surface area contributed by atoms with Crippen LogP contribution in [0.2, 0.25) is 0 Å². The van der Waals surface area contributed by atoms with Crippen molar-refractivity contribution in [2.75, 3.05) is 0 Å². The minimum Gasteiger partial charge on any atom is -0.327 e. The fourth-order valence-corrected chi connectivity index (χ4v) is 5.97. The molecule has 0 unspecified atom stereocenters. The number of aromatic nitrogens is 5. The predicted molar refractivity (Wildman–Crippen MR) is 167 cm³/mol. The van der Waals surface area contributed by atoms with Gasteiger partial charge in [0.05, 0.1) is 27.8 Å². The van der Waals surface area contributed by atoms with E-state index in [1.165, 1.54) is 10.8 Å². The second-order valence-electron chi connectivity index (χ2n) is 10.3. The van der Waals surface area contributed by atoms with Gasteiger partial charge in [0.25, 0.3) is 0 Å². The molecule has 0 atom stereocenters. The molecule has 0 aliphatic carbocycles. The quantitative estimate of drug-likeness (QED) is 0.231. The Balaban J connectivity index is 1.45. The molecule has 8 aromatic rings. The number of fused-ring (bicyclic) bond motifs is 4. The zero-order chi connectivity index (χ0) is 27.3. The molecule has 4 aromatic carbocycles. The molecular formula is C36H25N5. The van der Waals surface area contributed by atoms with Crippen LogP contribution in [-0.4, -0.2) is 24.1 Å². The molecule has 0 radical (unpaired) electrons. The third-order valence-corrected chi connectivity index (χ3v) is 7.87. The maximum atomic E-state index is 5.00. The molecule has 0 amide bonds. The fourth-order valence-electron chi connectivity index (χ4n) is 5.97. The van der Waals surface area contributed by atoms with Crippen LogP contribution in [0.4, 0.5) is 0 Å². The van der Waals surface area contributed by atoms with Crippen LogP contribution in [-0.2, 0) is 7.05 Å². The van der Waals surface area contributed by atoms with Crippen LogP contribution in [0.3, 0.4) is 0 Å². The molecule has 5 heteroatoms. The molecule has 0 saturated carbocycles. The van der Waals surface area contributed by atoms with Crippen molar-refractivity contribution in [2.24, 2.45) is 7.05 Å². The molecule has 4 heterocycles. The summed E-state index contributed by atoms with van der Waals surface area (Å²) in [6, 6.07) is 40.3. The lowest BCUT2D eigenvalue weighted by atomic mass is 10.0. The second-order valence-corrected chi connectivity index (χ2v) is 10.3. The lowest BCUT2D eigenvalue weighted by molar-refractivity contribution is 0.959. The summed E-state index contributed by atoms with van der Waals surface area (Å²) in [6.45, 7) is 0. The first kappa shape index (κ1) is 23.3. The Hall–Kier alpha value is -5.55. The van der Waals surface area contributed by atoms with E-state index < -0.39 is 0 Å². The van der Waals surface area contributed by atoms with Crippen molar-refractivity contribution in [1.29, 1.82) is 0 Å². The van der Waals surface area contributed by atoms with E-state index in [1.807, 2.05) is 42.9 Å². The van der Waals surface area contributed by atoms with E-state index in [1.54, 1.807) is 0 Å². The van der Waals surface area contributed by atoms with Gasteiger partial charge < -0.3 is 9.13 Å². The lowest BCUT2D eigenvalue weighted by Crippen LogP contribution is -1.97. The average molecular weight is 528 g/mol. The topological polar surface area (TPSA) is 48.5 Å². The van der Waals surface area contributed by atoms with Crippen LogP contribution in [0.15, 0.2) is 134 Å². The lowest BCUT2D eigenvalue weighted by Gasteiger charge is -2.13. The van der Waals surface area contributed by atoms with Crippen molar-refractivity contribution in [3.8, 4) is 39.5 Å². The summed E-state index contributed by atoms with van der Waals surface area (Å²) in [4.78, 5) is 14.1. The number of hydrogen-bond acceptors (Lipinski definition) is 3. The van der Waals surface area contributed by atoms with Crippen molar-refractivity contribution < 1.29 is 0 Å². The molecule has 0 aliphatic heterocycles. The van der Waals surface area contributed by atoms with Crippen molar-refractivity contribution in [3.05, 3.63) is 134 Å². The molecule has 0 fully saturated rings. The number of benzene rings is 4. The van der Waals surface area contributed by atoms with E-state index in [2.05, 4.69) is 117 Å². The van der Waals surface area contributed by atoms with Crippen LogP contribution in [0.5, 0.6) is 0 Å². The number of hydrogen-bond donors (Lipinski definition) is 0. The Kier molecular flexibility index (Phi) is 5.28. The third-order valence-electron chi connectivity index (χ3n) is 7.87. The van der Waals surface area contributed by atoms with Gasteiger partial charge in [-0.2, -0.15) is 0 Å². The van der Waals surface area contributed by atoms with E-state index in [0.29, 0.717) is 0 Å². The van der Waals surface area contributed by atoms with Gasteiger partial charge in [-0.3, -0.25) is 9.97 Å². The first-order chi connectivity index (χ1) is 20.3. The van der Waals surface area contributed by atoms with Gasteiger partial charge in [-0.25, -0.2) is 4.98 Å². The van der Waals surface area contributed by atoms with E-state index in [-0.39, 0.29) is 0 Å². The van der Waals surface area contributed by atoms with Gasteiger partial charge in [-0.1, -0.05) is 66.7 Å². The van der Waals surface area contributed by atoms with Crippen molar-refractivity contribution in [2.45, 2.75) is 0 Å². The number of nitrogens with zero attached hydrogens (tertiary/aromatic N) is 5. The maximum absolute atomic E-state index is 5.00. The van der Waals surface area contributed by atoms with Gasteiger partial charge in [0.15, 0.2) is 0 Å². The molecule has 0 N–H and O–H groups in total. The van der Waals surface area contributed by atoms with Gasteiger partial charge in [-0.15, -0.1) is 0 Å². The molecule has 0 saturated heterocycles. The molecule has 4 aromatic heterocycles. The van der Waals surface area contributed by atoms with Crippen molar-refractivity contribution >= 4 is 32.8 Å². The van der Waals surface area contributed by atoms with Crippen LogP contribution in [0, 0.1) is 0 Å². The van der Waals surface area contributed by atoms with Crippen LogP contribution < -0.4 is 0 Å². The zero-order valence-electron chi connectivity index (χ0n) is 22.4. The van der Waals surface area contributed by atoms with Crippen molar-refractivity contribution in [3.63, 3.8) is 0 Å². The minimum atomic E-state index is 0.944. The van der Waals surface area contributed by atoms with Gasteiger partial charge in [0.1, 0.15) is 5.82 Å². The number of imidazole rings is 1. The normalized spacial score (nSPS) is 11.5. The summed E-state index contributed by atoms with van der Waals surface area (Å²) >= 11 is 0. The smallest absolute Gasteiger partial charge is 0.140 e. The summed E-state index contributed by atoms with van der Waals surface area (Å²) in [7, 11) is 2.08. The minimum absolute atomic E-state index is 0.944. The van der Waals surface area contributed by atoms with Gasteiger partial charge in [-0.05, 0) is 48.5 Å². The second kappa shape index (κ2) is 9.28. The molecular weight excluding hydrogens is 502 g/mol. The van der Waals surface area contributed by atoms with Gasteiger partial charge in [0, 0.05) is 64.4 Å². The average Bonchev–Trinajstić information content (AvgIpc) is 3.56. The third kappa shape index (κ3) is 3.74. The number of para-hydroxylation sites is 3. The number of aryl methyl sites for hydroxylation is 1. The van der Waals surface area contributed by atoms with E-state index in [9.17, 15) is 0 Å². The Morgan fingerprint density at radius 1 is 0.610 bits per heavy atom.